The Morgan fingerprint density at radius 3 is 2.95 bits per heavy atom. The van der Waals surface area contributed by atoms with Gasteiger partial charge in [0.25, 0.3) is 5.91 Å². The first-order valence-electron chi connectivity index (χ1n) is 5.96. The van der Waals surface area contributed by atoms with E-state index in [1.165, 1.54) is 11.8 Å². The molecule has 1 aliphatic rings. The third-order valence-electron chi connectivity index (χ3n) is 2.78. The minimum absolute atomic E-state index is 0.215. The molecule has 1 saturated heterocycles. The number of thioether (sulfide) groups is 1. The normalized spacial score (nSPS) is 16.6. The van der Waals surface area contributed by atoms with E-state index < -0.39 is 0 Å². The van der Waals surface area contributed by atoms with Crippen molar-refractivity contribution >= 4 is 51.9 Å². The highest BCUT2D eigenvalue weighted by Crippen LogP contribution is 2.26. The summed E-state index contributed by atoms with van der Waals surface area (Å²) in [5, 5.41) is 11.2. The standard InChI is InChI=1S/C13H9ClN4OS2/c1-7-2-3-10(9(14)4-7)18-6-8(16-17-18)5-11-12(19)15-13(20)21-11/h2-6H,1H3,(H,15,19,20)/b11-5-. The molecule has 21 heavy (non-hydrogen) atoms. The number of aromatic nitrogens is 3. The lowest BCUT2D eigenvalue weighted by Crippen LogP contribution is -2.17. The molecule has 1 amide bonds. The number of aryl methyl sites for hydroxylation is 1. The van der Waals surface area contributed by atoms with Gasteiger partial charge in [-0.3, -0.25) is 4.79 Å². The average molecular weight is 337 g/mol. The number of rotatable bonds is 2. The lowest BCUT2D eigenvalue weighted by atomic mass is 10.2. The fraction of sp³-hybridized carbons (Fsp3) is 0.0769. The predicted octanol–water partition coefficient (Wildman–Crippen LogP) is 2.72. The van der Waals surface area contributed by atoms with Crippen LogP contribution in [0.3, 0.4) is 0 Å². The molecule has 2 heterocycles. The summed E-state index contributed by atoms with van der Waals surface area (Å²) in [4.78, 5) is 12.1. The van der Waals surface area contributed by atoms with Gasteiger partial charge in [0.05, 0.1) is 21.8 Å². The summed E-state index contributed by atoms with van der Waals surface area (Å²) in [5.41, 5.74) is 2.37. The molecular formula is C13H9ClN4OS2. The number of carbonyl (C=O) groups excluding carboxylic acids is 1. The Kier molecular flexibility index (Phi) is 3.79. The molecule has 3 rings (SSSR count). The summed E-state index contributed by atoms with van der Waals surface area (Å²) in [6.07, 6.45) is 3.35. The number of nitrogens with zero attached hydrogens (tertiary/aromatic N) is 3. The quantitative estimate of drug-likeness (QED) is 0.675. The van der Waals surface area contributed by atoms with Crippen molar-refractivity contribution < 1.29 is 4.79 Å². The summed E-state index contributed by atoms with van der Waals surface area (Å²) in [6.45, 7) is 1.96. The second-order valence-electron chi connectivity index (χ2n) is 4.40. The highest BCUT2D eigenvalue weighted by atomic mass is 35.5. The van der Waals surface area contributed by atoms with Crippen LogP contribution in [0.2, 0.25) is 5.02 Å². The van der Waals surface area contributed by atoms with Gasteiger partial charge in [-0.25, -0.2) is 4.68 Å². The maximum atomic E-state index is 11.6. The van der Waals surface area contributed by atoms with Gasteiger partial charge in [0.2, 0.25) is 0 Å². The molecule has 1 aromatic heterocycles. The Hall–Kier alpha value is -1.70. The molecule has 1 fully saturated rings. The fourth-order valence-corrected chi connectivity index (χ4v) is 3.16. The third-order valence-corrected chi connectivity index (χ3v) is 4.25. The first-order valence-corrected chi connectivity index (χ1v) is 7.57. The molecule has 1 aromatic carbocycles. The topological polar surface area (TPSA) is 59.8 Å². The van der Waals surface area contributed by atoms with E-state index in [0.29, 0.717) is 19.9 Å². The number of amides is 1. The van der Waals surface area contributed by atoms with Crippen LogP contribution in [0.5, 0.6) is 0 Å². The highest BCUT2D eigenvalue weighted by Gasteiger charge is 2.22. The minimum atomic E-state index is -0.215. The predicted molar refractivity (Wildman–Crippen MR) is 87.4 cm³/mol. The van der Waals surface area contributed by atoms with Crippen LogP contribution in [0, 0.1) is 6.92 Å². The van der Waals surface area contributed by atoms with Crippen LogP contribution in [0.25, 0.3) is 11.8 Å². The molecule has 1 aliphatic heterocycles. The van der Waals surface area contributed by atoms with Gasteiger partial charge in [-0.05, 0) is 30.7 Å². The number of thiocarbonyl (C=S) groups is 1. The summed E-state index contributed by atoms with van der Waals surface area (Å²) in [7, 11) is 0. The van der Waals surface area contributed by atoms with Crippen LogP contribution < -0.4 is 5.32 Å². The summed E-state index contributed by atoms with van der Waals surface area (Å²) in [5.74, 6) is -0.215. The molecule has 0 radical (unpaired) electrons. The van der Waals surface area contributed by atoms with Gasteiger partial charge in [-0.2, -0.15) is 0 Å². The van der Waals surface area contributed by atoms with E-state index in [4.69, 9.17) is 23.8 Å². The van der Waals surface area contributed by atoms with Gasteiger partial charge in [0, 0.05) is 0 Å². The first-order chi connectivity index (χ1) is 10.0. The van der Waals surface area contributed by atoms with E-state index in [1.54, 1.807) is 17.0 Å². The van der Waals surface area contributed by atoms with Crippen LogP contribution in [-0.4, -0.2) is 25.2 Å². The molecule has 106 valence electrons. The van der Waals surface area contributed by atoms with Crippen LogP contribution in [0.4, 0.5) is 0 Å². The van der Waals surface area contributed by atoms with Crippen molar-refractivity contribution in [3.63, 3.8) is 0 Å². The molecule has 0 saturated carbocycles. The summed E-state index contributed by atoms with van der Waals surface area (Å²) >= 11 is 12.3. The Bertz CT molecular complexity index is 784. The van der Waals surface area contributed by atoms with Gasteiger partial charge in [-0.1, -0.05) is 46.9 Å². The van der Waals surface area contributed by atoms with Gasteiger partial charge >= 0.3 is 0 Å². The zero-order chi connectivity index (χ0) is 15.0. The van der Waals surface area contributed by atoms with Gasteiger partial charge < -0.3 is 5.32 Å². The monoisotopic (exact) mass is 336 g/mol. The van der Waals surface area contributed by atoms with Crippen LogP contribution in [-0.2, 0) is 4.79 Å². The molecule has 0 atom stereocenters. The average Bonchev–Trinajstić information content (AvgIpc) is 2.97. The lowest BCUT2D eigenvalue weighted by molar-refractivity contribution is -0.115. The van der Waals surface area contributed by atoms with Gasteiger partial charge in [-0.15, -0.1) is 5.10 Å². The van der Waals surface area contributed by atoms with E-state index in [1.807, 2.05) is 25.1 Å². The molecule has 5 nitrogen and oxygen atoms in total. The molecule has 1 N–H and O–H groups in total. The number of nitrogens with one attached hydrogen (secondary N) is 1. The van der Waals surface area contributed by atoms with Crippen LogP contribution in [0.15, 0.2) is 29.3 Å². The maximum Gasteiger partial charge on any atom is 0.263 e. The van der Waals surface area contributed by atoms with Crippen LogP contribution >= 0.6 is 35.6 Å². The van der Waals surface area contributed by atoms with Gasteiger partial charge in [0.15, 0.2) is 0 Å². The first kappa shape index (κ1) is 14.2. The van der Waals surface area contributed by atoms with Crippen molar-refractivity contribution in [2.45, 2.75) is 6.92 Å². The minimum Gasteiger partial charge on any atom is -0.307 e. The Morgan fingerprint density at radius 2 is 2.29 bits per heavy atom. The molecule has 0 spiro atoms. The fourth-order valence-electron chi connectivity index (χ4n) is 1.81. The Balaban J connectivity index is 1.92. The van der Waals surface area contributed by atoms with Crippen molar-refractivity contribution in [3.8, 4) is 5.69 Å². The van der Waals surface area contributed by atoms with Crippen LogP contribution in [0.1, 0.15) is 11.3 Å². The smallest absolute Gasteiger partial charge is 0.263 e. The number of halogens is 1. The molecule has 0 aliphatic carbocycles. The largest absolute Gasteiger partial charge is 0.307 e. The van der Waals surface area contributed by atoms with Crippen molar-refractivity contribution in [1.82, 2.24) is 20.3 Å². The molecule has 0 bridgehead atoms. The van der Waals surface area contributed by atoms with Crippen molar-refractivity contribution in [2.75, 3.05) is 0 Å². The molecule has 0 unspecified atom stereocenters. The van der Waals surface area contributed by atoms with E-state index >= 15 is 0 Å². The number of benzene rings is 1. The van der Waals surface area contributed by atoms with E-state index in [0.717, 1.165) is 11.3 Å². The van der Waals surface area contributed by atoms with Crippen molar-refractivity contribution in [3.05, 3.63) is 45.6 Å². The number of carbonyl (C=O) groups is 1. The third kappa shape index (κ3) is 2.99. The number of hydrogen-bond donors (Lipinski definition) is 1. The second kappa shape index (κ2) is 5.59. The molecular weight excluding hydrogens is 328 g/mol. The highest BCUT2D eigenvalue weighted by molar-refractivity contribution is 8.26. The Morgan fingerprint density at radius 1 is 1.48 bits per heavy atom. The molecule has 8 heteroatoms. The van der Waals surface area contributed by atoms with Crippen molar-refractivity contribution in [2.24, 2.45) is 0 Å². The van der Waals surface area contributed by atoms with Crippen molar-refractivity contribution in [1.29, 1.82) is 0 Å². The summed E-state index contributed by atoms with van der Waals surface area (Å²) < 4.78 is 2.02. The van der Waals surface area contributed by atoms with E-state index in [9.17, 15) is 4.79 Å². The summed E-state index contributed by atoms with van der Waals surface area (Å²) in [6, 6.07) is 5.67. The maximum absolute atomic E-state index is 11.6. The lowest BCUT2D eigenvalue weighted by Gasteiger charge is -2.03. The van der Waals surface area contributed by atoms with Gasteiger partial charge in [0.1, 0.15) is 10.0 Å². The second-order valence-corrected chi connectivity index (χ2v) is 6.52. The van der Waals surface area contributed by atoms with E-state index in [-0.39, 0.29) is 5.91 Å². The molecule has 2 aromatic rings. The number of hydrogen-bond acceptors (Lipinski definition) is 5. The SMILES string of the molecule is Cc1ccc(-n2cc(/C=C3\SC(=S)NC3=O)nn2)c(Cl)c1. The van der Waals surface area contributed by atoms with E-state index in [2.05, 4.69) is 15.6 Å². The Labute approximate surface area is 135 Å². The zero-order valence-electron chi connectivity index (χ0n) is 10.8. The zero-order valence-corrected chi connectivity index (χ0v) is 13.2.